The molecule has 1 saturated heterocycles. The van der Waals surface area contributed by atoms with Crippen LogP contribution in [-0.4, -0.2) is 71.8 Å². The number of hydrogen-bond donors (Lipinski definition) is 2. The summed E-state index contributed by atoms with van der Waals surface area (Å²) in [5, 5.41) is 12.9. The van der Waals surface area contributed by atoms with Crippen LogP contribution in [0.25, 0.3) is 0 Å². The molecule has 0 bridgehead atoms. The van der Waals surface area contributed by atoms with Gasteiger partial charge in [0.05, 0.1) is 0 Å². The maximum atomic E-state index is 9.43. The van der Waals surface area contributed by atoms with Gasteiger partial charge in [0, 0.05) is 58.3 Å². The SMILES string of the molecule is CCNC(=NCC(CC)(CC)CCO)N1CCN(c2ncccn2)CC1. The first-order valence-electron chi connectivity index (χ1n) is 9.84. The van der Waals surface area contributed by atoms with Crippen molar-refractivity contribution in [2.45, 2.75) is 40.0 Å². The molecule has 0 aromatic carbocycles. The Hall–Kier alpha value is -1.89. The first-order chi connectivity index (χ1) is 12.7. The molecule has 26 heavy (non-hydrogen) atoms. The second kappa shape index (κ2) is 10.3. The normalized spacial score (nSPS) is 16.1. The molecule has 0 atom stereocenters. The summed E-state index contributed by atoms with van der Waals surface area (Å²) in [5.41, 5.74) is 0.0924. The van der Waals surface area contributed by atoms with E-state index in [0.29, 0.717) is 0 Å². The van der Waals surface area contributed by atoms with E-state index in [1.165, 1.54) is 0 Å². The average molecular weight is 363 g/mol. The monoisotopic (exact) mass is 362 g/mol. The number of piperazine rings is 1. The van der Waals surface area contributed by atoms with E-state index in [4.69, 9.17) is 4.99 Å². The molecular weight excluding hydrogens is 328 g/mol. The Balaban J connectivity index is 2.01. The fraction of sp³-hybridized carbons (Fsp3) is 0.737. The minimum Gasteiger partial charge on any atom is -0.396 e. The van der Waals surface area contributed by atoms with Gasteiger partial charge in [-0.3, -0.25) is 4.99 Å². The van der Waals surface area contributed by atoms with Crippen LogP contribution >= 0.6 is 0 Å². The molecule has 2 N–H and O–H groups in total. The maximum absolute atomic E-state index is 9.43. The summed E-state index contributed by atoms with van der Waals surface area (Å²) < 4.78 is 0. The lowest BCUT2D eigenvalue weighted by molar-refractivity contribution is 0.175. The number of aliphatic hydroxyl groups excluding tert-OH is 1. The molecule has 1 aliphatic heterocycles. The minimum atomic E-state index is 0.0924. The van der Waals surface area contributed by atoms with Crippen LogP contribution in [0.1, 0.15) is 40.0 Å². The number of rotatable bonds is 8. The van der Waals surface area contributed by atoms with Gasteiger partial charge in [-0.25, -0.2) is 9.97 Å². The molecular formula is C19H34N6O. The summed E-state index contributed by atoms with van der Waals surface area (Å²) in [5.74, 6) is 1.78. The van der Waals surface area contributed by atoms with Gasteiger partial charge in [-0.15, -0.1) is 0 Å². The molecule has 2 heterocycles. The molecule has 7 nitrogen and oxygen atoms in total. The van der Waals surface area contributed by atoms with Crippen molar-refractivity contribution in [2.24, 2.45) is 10.4 Å². The molecule has 7 heteroatoms. The first kappa shape index (κ1) is 20.4. The third kappa shape index (κ3) is 5.30. The third-order valence-electron chi connectivity index (χ3n) is 5.46. The van der Waals surface area contributed by atoms with Gasteiger partial charge >= 0.3 is 0 Å². The molecule has 2 rings (SSSR count). The Labute approximate surface area is 157 Å². The van der Waals surface area contributed by atoms with Gasteiger partial charge in [0.1, 0.15) is 0 Å². The minimum absolute atomic E-state index is 0.0924. The number of nitrogens with zero attached hydrogens (tertiary/aromatic N) is 5. The Morgan fingerprint density at radius 2 is 1.81 bits per heavy atom. The zero-order chi connectivity index (χ0) is 18.8. The number of aliphatic hydroxyl groups is 1. The molecule has 0 aliphatic carbocycles. The van der Waals surface area contributed by atoms with Gasteiger partial charge in [0.15, 0.2) is 5.96 Å². The van der Waals surface area contributed by atoms with Crippen molar-refractivity contribution >= 4 is 11.9 Å². The van der Waals surface area contributed by atoms with E-state index in [9.17, 15) is 5.11 Å². The standard InChI is InChI=1S/C19H34N6O/c1-4-19(5-2,8-15-26)16-23-17(20-6-3)24-11-13-25(14-12-24)18-21-9-7-10-22-18/h7,9-10,26H,4-6,8,11-16H2,1-3H3,(H,20,23). The molecule has 0 unspecified atom stereocenters. The second-order valence-corrected chi connectivity index (χ2v) is 6.87. The highest BCUT2D eigenvalue weighted by atomic mass is 16.3. The molecule has 0 amide bonds. The van der Waals surface area contributed by atoms with Crippen molar-refractivity contribution < 1.29 is 5.11 Å². The molecule has 1 aromatic heterocycles. The Morgan fingerprint density at radius 1 is 1.15 bits per heavy atom. The lowest BCUT2D eigenvalue weighted by atomic mass is 9.79. The van der Waals surface area contributed by atoms with Crippen molar-refractivity contribution in [2.75, 3.05) is 50.8 Å². The third-order valence-corrected chi connectivity index (χ3v) is 5.46. The zero-order valence-corrected chi connectivity index (χ0v) is 16.5. The number of hydrogen-bond acceptors (Lipinski definition) is 5. The van der Waals surface area contributed by atoms with E-state index in [1.54, 1.807) is 12.4 Å². The number of guanidine groups is 1. The number of anilines is 1. The van der Waals surface area contributed by atoms with Crippen molar-refractivity contribution in [3.05, 3.63) is 18.5 Å². The lowest BCUT2D eigenvalue weighted by Gasteiger charge is -2.37. The van der Waals surface area contributed by atoms with E-state index < -0.39 is 0 Å². The summed E-state index contributed by atoms with van der Waals surface area (Å²) in [6.07, 6.45) is 6.45. The van der Waals surface area contributed by atoms with Gasteiger partial charge in [-0.05, 0) is 37.7 Å². The smallest absolute Gasteiger partial charge is 0.225 e. The average Bonchev–Trinajstić information content (AvgIpc) is 2.71. The highest BCUT2D eigenvalue weighted by Crippen LogP contribution is 2.30. The summed E-state index contributed by atoms with van der Waals surface area (Å²) >= 11 is 0. The maximum Gasteiger partial charge on any atom is 0.225 e. The highest BCUT2D eigenvalue weighted by molar-refractivity contribution is 5.80. The number of aliphatic imine (C=N–C) groups is 1. The number of nitrogens with one attached hydrogen (secondary N) is 1. The van der Waals surface area contributed by atoms with Gasteiger partial charge in [-0.1, -0.05) is 13.8 Å². The van der Waals surface area contributed by atoms with Crippen LogP contribution in [0.15, 0.2) is 23.5 Å². The van der Waals surface area contributed by atoms with E-state index in [1.807, 2.05) is 6.07 Å². The summed E-state index contributed by atoms with van der Waals surface area (Å²) in [6, 6.07) is 1.84. The van der Waals surface area contributed by atoms with Gasteiger partial charge in [-0.2, -0.15) is 0 Å². The Morgan fingerprint density at radius 3 is 2.35 bits per heavy atom. The van der Waals surface area contributed by atoms with E-state index in [0.717, 1.165) is 70.4 Å². The van der Waals surface area contributed by atoms with Crippen LogP contribution in [0, 0.1) is 5.41 Å². The van der Waals surface area contributed by atoms with Crippen LogP contribution < -0.4 is 10.2 Å². The lowest BCUT2D eigenvalue weighted by Crippen LogP contribution is -2.53. The van der Waals surface area contributed by atoms with Crippen molar-refractivity contribution in [3.63, 3.8) is 0 Å². The largest absolute Gasteiger partial charge is 0.396 e. The van der Waals surface area contributed by atoms with Crippen LogP contribution in [0.5, 0.6) is 0 Å². The summed E-state index contributed by atoms with van der Waals surface area (Å²) in [6.45, 7) is 11.9. The second-order valence-electron chi connectivity index (χ2n) is 6.87. The van der Waals surface area contributed by atoms with E-state index in [-0.39, 0.29) is 12.0 Å². The van der Waals surface area contributed by atoms with Crippen molar-refractivity contribution in [3.8, 4) is 0 Å². The van der Waals surface area contributed by atoms with Crippen LogP contribution in [0.3, 0.4) is 0 Å². The first-order valence-corrected chi connectivity index (χ1v) is 9.84. The van der Waals surface area contributed by atoms with Crippen molar-refractivity contribution in [1.29, 1.82) is 0 Å². The van der Waals surface area contributed by atoms with Gasteiger partial charge in [0.25, 0.3) is 0 Å². The highest BCUT2D eigenvalue weighted by Gasteiger charge is 2.27. The molecule has 0 radical (unpaired) electrons. The fourth-order valence-corrected chi connectivity index (χ4v) is 3.38. The molecule has 146 valence electrons. The van der Waals surface area contributed by atoms with E-state index >= 15 is 0 Å². The van der Waals surface area contributed by atoms with Crippen LogP contribution in [-0.2, 0) is 0 Å². The van der Waals surface area contributed by atoms with Crippen molar-refractivity contribution in [1.82, 2.24) is 20.2 Å². The topological polar surface area (TPSA) is 76.9 Å². The molecule has 1 aliphatic rings. The Bertz CT molecular complexity index is 538. The fourth-order valence-electron chi connectivity index (χ4n) is 3.38. The predicted octanol–water partition coefficient (Wildman–Crippen LogP) is 1.75. The Kier molecular flexibility index (Phi) is 8.09. The predicted molar refractivity (Wildman–Crippen MR) is 107 cm³/mol. The molecule has 0 saturated carbocycles. The summed E-state index contributed by atoms with van der Waals surface area (Å²) in [7, 11) is 0. The van der Waals surface area contributed by atoms with E-state index in [2.05, 4.69) is 45.9 Å². The molecule has 0 spiro atoms. The quantitative estimate of drug-likeness (QED) is 0.542. The van der Waals surface area contributed by atoms with Crippen LogP contribution in [0.2, 0.25) is 0 Å². The molecule has 1 aromatic rings. The van der Waals surface area contributed by atoms with Crippen LogP contribution in [0.4, 0.5) is 5.95 Å². The van der Waals surface area contributed by atoms with Gasteiger partial charge < -0.3 is 20.2 Å². The van der Waals surface area contributed by atoms with Gasteiger partial charge in [0.2, 0.25) is 5.95 Å². The molecule has 1 fully saturated rings. The number of aromatic nitrogens is 2. The summed E-state index contributed by atoms with van der Waals surface area (Å²) in [4.78, 5) is 18.2. The zero-order valence-electron chi connectivity index (χ0n) is 16.5.